The van der Waals surface area contributed by atoms with Gasteiger partial charge in [-0.25, -0.2) is 0 Å². The quantitative estimate of drug-likeness (QED) is 0.855. The number of nitrogens with zero attached hydrogens (tertiary/aromatic N) is 1. The summed E-state index contributed by atoms with van der Waals surface area (Å²) in [6.07, 6.45) is 2.42. The topological polar surface area (TPSA) is 47.3 Å². The van der Waals surface area contributed by atoms with Gasteiger partial charge in [0, 0.05) is 13.5 Å². The SMILES string of the molecule is CNc1nc(Cc2ccc(OC)cc2)co1. The number of rotatable bonds is 4. The molecule has 4 nitrogen and oxygen atoms in total. The third-order valence-corrected chi connectivity index (χ3v) is 2.31. The molecular formula is C12H14N2O2. The van der Waals surface area contributed by atoms with Crippen molar-refractivity contribution in [3.63, 3.8) is 0 Å². The summed E-state index contributed by atoms with van der Waals surface area (Å²) in [6, 6.07) is 8.46. The minimum absolute atomic E-state index is 0.545. The Balaban J connectivity index is 2.08. The molecule has 0 atom stereocenters. The molecule has 0 fully saturated rings. The van der Waals surface area contributed by atoms with Crippen LogP contribution in [0.15, 0.2) is 34.9 Å². The molecule has 0 saturated carbocycles. The van der Waals surface area contributed by atoms with Gasteiger partial charge in [0.05, 0.1) is 12.8 Å². The van der Waals surface area contributed by atoms with Crippen molar-refractivity contribution < 1.29 is 9.15 Å². The Morgan fingerprint density at radius 1 is 1.31 bits per heavy atom. The van der Waals surface area contributed by atoms with Crippen molar-refractivity contribution in [1.29, 1.82) is 0 Å². The second-order valence-electron chi connectivity index (χ2n) is 3.42. The van der Waals surface area contributed by atoms with Crippen LogP contribution in [0, 0.1) is 0 Å². The van der Waals surface area contributed by atoms with Crippen LogP contribution >= 0.6 is 0 Å². The molecule has 0 radical (unpaired) electrons. The zero-order valence-electron chi connectivity index (χ0n) is 9.36. The maximum absolute atomic E-state index is 5.18. The van der Waals surface area contributed by atoms with E-state index in [9.17, 15) is 0 Å². The number of aromatic nitrogens is 1. The molecule has 4 heteroatoms. The summed E-state index contributed by atoms with van der Waals surface area (Å²) >= 11 is 0. The van der Waals surface area contributed by atoms with Gasteiger partial charge in [-0.3, -0.25) is 0 Å². The molecule has 0 saturated heterocycles. The smallest absolute Gasteiger partial charge is 0.294 e. The second-order valence-corrected chi connectivity index (χ2v) is 3.42. The number of ether oxygens (including phenoxy) is 1. The van der Waals surface area contributed by atoms with Crippen molar-refractivity contribution in [2.24, 2.45) is 0 Å². The molecule has 0 aliphatic heterocycles. The highest BCUT2D eigenvalue weighted by molar-refractivity contribution is 5.30. The lowest BCUT2D eigenvalue weighted by atomic mass is 10.1. The molecule has 0 amide bonds. The molecule has 2 rings (SSSR count). The summed E-state index contributed by atoms with van der Waals surface area (Å²) in [7, 11) is 3.44. The second kappa shape index (κ2) is 4.70. The number of methoxy groups -OCH3 is 1. The van der Waals surface area contributed by atoms with Gasteiger partial charge in [0.2, 0.25) is 0 Å². The third kappa shape index (κ3) is 2.34. The summed E-state index contributed by atoms with van der Waals surface area (Å²) in [6.45, 7) is 0. The monoisotopic (exact) mass is 218 g/mol. The van der Waals surface area contributed by atoms with Crippen LogP contribution in [-0.4, -0.2) is 19.1 Å². The predicted molar refractivity (Wildman–Crippen MR) is 61.8 cm³/mol. The number of hydrogen-bond donors (Lipinski definition) is 1. The highest BCUT2D eigenvalue weighted by Crippen LogP contribution is 2.15. The van der Waals surface area contributed by atoms with Gasteiger partial charge < -0.3 is 14.5 Å². The van der Waals surface area contributed by atoms with Gasteiger partial charge >= 0.3 is 0 Å². The van der Waals surface area contributed by atoms with Crippen LogP contribution in [0.1, 0.15) is 11.3 Å². The molecule has 0 bridgehead atoms. The molecule has 0 unspecified atom stereocenters. The number of hydrogen-bond acceptors (Lipinski definition) is 4. The van der Waals surface area contributed by atoms with Gasteiger partial charge in [-0.15, -0.1) is 0 Å². The van der Waals surface area contributed by atoms with E-state index in [0.29, 0.717) is 6.01 Å². The fourth-order valence-corrected chi connectivity index (χ4v) is 1.46. The molecule has 0 spiro atoms. The minimum Gasteiger partial charge on any atom is -0.497 e. The van der Waals surface area contributed by atoms with Crippen molar-refractivity contribution in [3.8, 4) is 5.75 Å². The van der Waals surface area contributed by atoms with Crippen LogP contribution in [0.5, 0.6) is 5.75 Å². The van der Waals surface area contributed by atoms with Gasteiger partial charge in [-0.2, -0.15) is 4.98 Å². The van der Waals surface area contributed by atoms with E-state index in [0.717, 1.165) is 17.9 Å². The van der Waals surface area contributed by atoms with Crippen molar-refractivity contribution >= 4 is 6.01 Å². The maximum Gasteiger partial charge on any atom is 0.294 e. The van der Waals surface area contributed by atoms with Gasteiger partial charge in [0.15, 0.2) is 0 Å². The molecule has 0 aliphatic carbocycles. The van der Waals surface area contributed by atoms with Gasteiger partial charge in [-0.1, -0.05) is 12.1 Å². The summed E-state index contributed by atoms with van der Waals surface area (Å²) in [5.74, 6) is 0.861. The number of anilines is 1. The maximum atomic E-state index is 5.18. The Bertz CT molecular complexity index is 448. The fourth-order valence-electron chi connectivity index (χ4n) is 1.46. The van der Waals surface area contributed by atoms with Gasteiger partial charge in [0.25, 0.3) is 6.01 Å². The number of nitrogens with one attached hydrogen (secondary N) is 1. The van der Waals surface area contributed by atoms with E-state index in [4.69, 9.17) is 9.15 Å². The first-order chi connectivity index (χ1) is 7.81. The first-order valence-electron chi connectivity index (χ1n) is 5.07. The van der Waals surface area contributed by atoms with E-state index < -0.39 is 0 Å². The van der Waals surface area contributed by atoms with E-state index in [1.807, 2.05) is 24.3 Å². The Morgan fingerprint density at radius 2 is 2.06 bits per heavy atom. The van der Waals surface area contributed by atoms with Crippen LogP contribution in [0.4, 0.5) is 6.01 Å². The zero-order chi connectivity index (χ0) is 11.4. The van der Waals surface area contributed by atoms with E-state index in [-0.39, 0.29) is 0 Å². The zero-order valence-corrected chi connectivity index (χ0v) is 9.36. The van der Waals surface area contributed by atoms with Crippen molar-refractivity contribution in [3.05, 3.63) is 41.8 Å². The minimum atomic E-state index is 0.545. The summed E-state index contributed by atoms with van der Waals surface area (Å²) in [5.41, 5.74) is 2.09. The first-order valence-corrected chi connectivity index (χ1v) is 5.07. The highest BCUT2D eigenvalue weighted by Gasteiger charge is 2.03. The Kier molecular flexibility index (Phi) is 3.10. The largest absolute Gasteiger partial charge is 0.497 e. The van der Waals surface area contributed by atoms with Gasteiger partial charge in [0.1, 0.15) is 12.0 Å². The molecule has 1 heterocycles. The molecular weight excluding hydrogens is 204 g/mol. The molecule has 0 aliphatic rings. The van der Waals surface area contributed by atoms with Crippen LogP contribution in [0.2, 0.25) is 0 Å². The summed E-state index contributed by atoms with van der Waals surface area (Å²) in [5, 5.41) is 2.85. The van der Waals surface area contributed by atoms with Crippen LogP contribution in [0.25, 0.3) is 0 Å². The average molecular weight is 218 g/mol. The Labute approximate surface area is 94.3 Å². The van der Waals surface area contributed by atoms with Crippen molar-refractivity contribution in [1.82, 2.24) is 4.98 Å². The molecule has 84 valence electrons. The van der Waals surface area contributed by atoms with E-state index in [1.54, 1.807) is 20.4 Å². The molecule has 1 aromatic carbocycles. The van der Waals surface area contributed by atoms with E-state index in [1.165, 1.54) is 5.56 Å². The van der Waals surface area contributed by atoms with Crippen molar-refractivity contribution in [2.45, 2.75) is 6.42 Å². The molecule has 1 N–H and O–H groups in total. The lowest BCUT2D eigenvalue weighted by molar-refractivity contribution is 0.414. The standard InChI is InChI=1S/C12H14N2O2/c1-13-12-14-10(8-16-12)7-9-3-5-11(15-2)6-4-9/h3-6,8H,7H2,1-2H3,(H,13,14). The van der Waals surface area contributed by atoms with Crippen LogP contribution < -0.4 is 10.1 Å². The van der Waals surface area contributed by atoms with E-state index in [2.05, 4.69) is 10.3 Å². The first kappa shape index (κ1) is 10.5. The Hall–Kier alpha value is -1.97. The lowest BCUT2D eigenvalue weighted by Crippen LogP contribution is -1.91. The fraction of sp³-hybridized carbons (Fsp3) is 0.250. The van der Waals surface area contributed by atoms with E-state index >= 15 is 0 Å². The predicted octanol–water partition coefficient (Wildman–Crippen LogP) is 2.32. The Morgan fingerprint density at radius 3 is 2.62 bits per heavy atom. The highest BCUT2D eigenvalue weighted by atomic mass is 16.5. The van der Waals surface area contributed by atoms with Gasteiger partial charge in [-0.05, 0) is 17.7 Å². The average Bonchev–Trinajstić information content (AvgIpc) is 2.78. The molecule has 2 aromatic rings. The number of oxazole rings is 1. The molecule has 16 heavy (non-hydrogen) atoms. The molecule has 1 aromatic heterocycles. The normalized spacial score (nSPS) is 10.1. The summed E-state index contributed by atoms with van der Waals surface area (Å²) < 4.78 is 10.3. The van der Waals surface area contributed by atoms with Crippen LogP contribution in [0.3, 0.4) is 0 Å². The number of benzene rings is 1. The van der Waals surface area contributed by atoms with Crippen LogP contribution in [-0.2, 0) is 6.42 Å². The summed E-state index contributed by atoms with van der Waals surface area (Å²) in [4.78, 5) is 4.26. The van der Waals surface area contributed by atoms with Crippen molar-refractivity contribution in [2.75, 3.05) is 19.5 Å². The third-order valence-electron chi connectivity index (χ3n) is 2.31. The lowest BCUT2D eigenvalue weighted by Gasteiger charge is -2.01.